The van der Waals surface area contributed by atoms with Crippen LogP contribution in [0.4, 0.5) is 10.1 Å². The standard InChI is InChI=1S/C12H15FN2O3S/c1-3-4-7-14-19(17,18)12-6-5-10(8-11(12)13)15-9(2)16/h3,5-6,8,14H,1,4,7H2,2H3,(H,15,16). The molecular formula is C12H15FN2O3S. The number of rotatable bonds is 6. The summed E-state index contributed by atoms with van der Waals surface area (Å²) in [4.78, 5) is 10.4. The first-order chi connectivity index (χ1) is 8.86. The number of anilines is 1. The van der Waals surface area contributed by atoms with Crippen LogP contribution >= 0.6 is 0 Å². The highest BCUT2D eigenvalue weighted by Crippen LogP contribution is 2.18. The Kier molecular flexibility index (Phi) is 5.20. The van der Waals surface area contributed by atoms with Gasteiger partial charge in [-0.1, -0.05) is 6.08 Å². The zero-order chi connectivity index (χ0) is 14.5. The summed E-state index contributed by atoms with van der Waals surface area (Å²) < 4.78 is 39.5. The smallest absolute Gasteiger partial charge is 0.243 e. The van der Waals surface area contributed by atoms with Crippen molar-refractivity contribution in [2.75, 3.05) is 11.9 Å². The molecule has 1 amide bonds. The van der Waals surface area contributed by atoms with Crippen molar-refractivity contribution < 1.29 is 17.6 Å². The van der Waals surface area contributed by atoms with Crippen molar-refractivity contribution in [2.45, 2.75) is 18.2 Å². The van der Waals surface area contributed by atoms with Crippen molar-refractivity contribution in [1.82, 2.24) is 4.72 Å². The molecule has 0 aliphatic heterocycles. The van der Waals surface area contributed by atoms with Gasteiger partial charge in [0.1, 0.15) is 10.7 Å². The van der Waals surface area contributed by atoms with Crippen molar-refractivity contribution in [3.8, 4) is 0 Å². The maximum absolute atomic E-state index is 13.7. The van der Waals surface area contributed by atoms with Gasteiger partial charge in [-0.15, -0.1) is 6.58 Å². The second kappa shape index (κ2) is 6.44. The van der Waals surface area contributed by atoms with E-state index >= 15 is 0 Å². The summed E-state index contributed by atoms with van der Waals surface area (Å²) in [5.74, 6) is -1.28. The zero-order valence-corrected chi connectivity index (χ0v) is 11.3. The second-order valence-electron chi connectivity index (χ2n) is 3.80. The molecule has 0 heterocycles. The van der Waals surface area contributed by atoms with Gasteiger partial charge < -0.3 is 5.32 Å². The Morgan fingerprint density at radius 1 is 1.47 bits per heavy atom. The minimum absolute atomic E-state index is 0.152. The van der Waals surface area contributed by atoms with Gasteiger partial charge in [-0.3, -0.25) is 4.79 Å². The molecule has 7 heteroatoms. The molecular weight excluding hydrogens is 271 g/mol. The number of hydrogen-bond acceptors (Lipinski definition) is 3. The van der Waals surface area contributed by atoms with Gasteiger partial charge >= 0.3 is 0 Å². The van der Waals surface area contributed by atoms with Crippen LogP contribution in [0.3, 0.4) is 0 Å². The van der Waals surface area contributed by atoms with Crippen molar-refractivity contribution in [3.63, 3.8) is 0 Å². The van der Waals surface area contributed by atoms with Gasteiger partial charge in [-0.05, 0) is 24.6 Å². The van der Waals surface area contributed by atoms with E-state index in [1.807, 2.05) is 0 Å². The molecule has 0 radical (unpaired) electrons. The van der Waals surface area contributed by atoms with Crippen LogP contribution in [0, 0.1) is 5.82 Å². The van der Waals surface area contributed by atoms with Crippen molar-refractivity contribution in [2.24, 2.45) is 0 Å². The maximum Gasteiger partial charge on any atom is 0.243 e. The van der Waals surface area contributed by atoms with Crippen LogP contribution in [0.1, 0.15) is 13.3 Å². The molecule has 0 bridgehead atoms. The molecule has 0 unspecified atom stereocenters. The number of amides is 1. The van der Waals surface area contributed by atoms with Crippen LogP contribution in [-0.4, -0.2) is 20.9 Å². The molecule has 0 aliphatic rings. The summed E-state index contributed by atoms with van der Waals surface area (Å²) in [7, 11) is -3.89. The van der Waals surface area contributed by atoms with Gasteiger partial charge in [-0.2, -0.15) is 0 Å². The van der Waals surface area contributed by atoms with E-state index < -0.39 is 20.7 Å². The first kappa shape index (κ1) is 15.3. The monoisotopic (exact) mass is 286 g/mol. The number of halogens is 1. The fourth-order valence-corrected chi connectivity index (χ4v) is 2.48. The van der Waals surface area contributed by atoms with Crippen molar-refractivity contribution in [1.29, 1.82) is 0 Å². The van der Waals surface area contributed by atoms with Crippen LogP contribution in [0.25, 0.3) is 0 Å². The molecule has 0 aromatic heterocycles. The van der Waals surface area contributed by atoms with Gasteiger partial charge in [0.2, 0.25) is 15.9 Å². The lowest BCUT2D eigenvalue weighted by Gasteiger charge is -2.08. The molecule has 5 nitrogen and oxygen atoms in total. The maximum atomic E-state index is 13.7. The number of carbonyl (C=O) groups excluding carboxylic acids is 1. The average molecular weight is 286 g/mol. The topological polar surface area (TPSA) is 75.3 Å². The number of carbonyl (C=O) groups is 1. The van der Waals surface area contributed by atoms with Crippen LogP contribution in [0.15, 0.2) is 35.7 Å². The fourth-order valence-electron chi connectivity index (χ4n) is 1.37. The van der Waals surface area contributed by atoms with E-state index in [9.17, 15) is 17.6 Å². The largest absolute Gasteiger partial charge is 0.326 e. The molecule has 0 saturated heterocycles. The predicted octanol–water partition coefficient (Wildman–Crippen LogP) is 1.64. The summed E-state index contributed by atoms with van der Waals surface area (Å²) >= 11 is 0. The van der Waals surface area contributed by atoms with E-state index in [-0.39, 0.29) is 18.1 Å². The summed E-state index contributed by atoms with van der Waals surface area (Å²) in [6, 6.07) is 3.40. The van der Waals surface area contributed by atoms with E-state index in [1.165, 1.54) is 13.0 Å². The lowest BCUT2D eigenvalue weighted by molar-refractivity contribution is -0.114. The Morgan fingerprint density at radius 3 is 2.68 bits per heavy atom. The minimum Gasteiger partial charge on any atom is -0.326 e. The minimum atomic E-state index is -3.89. The van der Waals surface area contributed by atoms with Crippen LogP contribution in [0.5, 0.6) is 0 Å². The van der Waals surface area contributed by atoms with Gasteiger partial charge in [0.25, 0.3) is 0 Å². The summed E-state index contributed by atoms with van der Waals surface area (Å²) in [6.07, 6.45) is 2.00. The molecule has 0 spiro atoms. The van der Waals surface area contributed by atoms with Gasteiger partial charge in [0.05, 0.1) is 0 Å². The Morgan fingerprint density at radius 2 is 2.16 bits per heavy atom. The normalized spacial score (nSPS) is 11.1. The highest BCUT2D eigenvalue weighted by Gasteiger charge is 2.18. The Balaban J connectivity index is 2.95. The Bertz CT molecular complexity index is 585. The van der Waals surface area contributed by atoms with Crippen LogP contribution < -0.4 is 10.0 Å². The molecule has 19 heavy (non-hydrogen) atoms. The number of hydrogen-bond donors (Lipinski definition) is 2. The molecule has 1 rings (SSSR count). The molecule has 0 fully saturated rings. The third-order valence-corrected chi connectivity index (χ3v) is 3.68. The number of sulfonamides is 1. The van der Waals surface area contributed by atoms with Crippen LogP contribution in [0.2, 0.25) is 0 Å². The predicted molar refractivity (Wildman–Crippen MR) is 70.7 cm³/mol. The lowest BCUT2D eigenvalue weighted by Crippen LogP contribution is -2.25. The number of benzene rings is 1. The van der Waals surface area contributed by atoms with E-state index in [2.05, 4.69) is 16.6 Å². The van der Waals surface area contributed by atoms with Crippen molar-refractivity contribution in [3.05, 3.63) is 36.7 Å². The summed E-state index contributed by atoms with van der Waals surface area (Å²) in [5, 5.41) is 2.37. The molecule has 1 aromatic rings. The van der Waals surface area contributed by atoms with Gasteiger partial charge in [0, 0.05) is 19.2 Å². The SMILES string of the molecule is C=CCCNS(=O)(=O)c1ccc(NC(C)=O)cc1F. The van der Waals surface area contributed by atoms with Gasteiger partial charge in [0.15, 0.2) is 0 Å². The molecule has 0 saturated carbocycles. The Labute approximate surface area is 111 Å². The van der Waals surface area contributed by atoms with Gasteiger partial charge in [-0.25, -0.2) is 17.5 Å². The van der Waals surface area contributed by atoms with Crippen LogP contribution in [-0.2, 0) is 14.8 Å². The van der Waals surface area contributed by atoms with E-state index in [1.54, 1.807) is 6.08 Å². The first-order valence-electron chi connectivity index (χ1n) is 5.54. The molecule has 2 N–H and O–H groups in total. The molecule has 104 valence electrons. The molecule has 1 aromatic carbocycles. The van der Waals surface area contributed by atoms with Crippen molar-refractivity contribution >= 4 is 21.6 Å². The number of nitrogens with one attached hydrogen (secondary N) is 2. The molecule has 0 aliphatic carbocycles. The average Bonchev–Trinajstić information content (AvgIpc) is 2.27. The second-order valence-corrected chi connectivity index (χ2v) is 5.54. The zero-order valence-electron chi connectivity index (χ0n) is 10.4. The fraction of sp³-hybridized carbons (Fsp3) is 0.250. The van der Waals surface area contributed by atoms with E-state index in [0.29, 0.717) is 6.42 Å². The quantitative estimate of drug-likeness (QED) is 0.616. The lowest BCUT2D eigenvalue weighted by atomic mass is 10.3. The summed E-state index contributed by atoms with van der Waals surface area (Å²) in [5.41, 5.74) is 0.204. The first-order valence-corrected chi connectivity index (χ1v) is 7.03. The van der Waals surface area contributed by atoms with E-state index in [4.69, 9.17) is 0 Å². The highest BCUT2D eigenvalue weighted by molar-refractivity contribution is 7.89. The summed E-state index contributed by atoms with van der Waals surface area (Å²) in [6.45, 7) is 4.89. The Hall–Kier alpha value is -1.73. The third-order valence-electron chi connectivity index (χ3n) is 2.18. The molecule has 0 atom stereocenters. The van der Waals surface area contributed by atoms with E-state index in [0.717, 1.165) is 12.1 Å². The highest BCUT2D eigenvalue weighted by atomic mass is 32.2. The third kappa shape index (κ3) is 4.46.